The molecule has 0 fully saturated rings. The fraction of sp³-hybridized carbons (Fsp3) is 0. The minimum atomic E-state index is 1.12. The number of benzene rings is 20. The Morgan fingerprint density at radius 3 is 0.520 bits per heavy atom. The molecule has 0 atom stereocenters. The molecule has 0 spiro atoms. The van der Waals surface area contributed by atoms with Gasteiger partial charge in [0, 0.05) is 115 Å². The summed E-state index contributed by atoms with van der Waals surface area (Å²) >= 11 is 0. The summed E-state index contributed by atoms with van der Waals surface area (Å²) in [6.45, 7) is 0. The zero-order valence-corrected chi connectivity index (χ0v) is 69.1. The first-order valence-corrected chi connectivity index (χ1v) is 43.7. The Kier molecular flexibility index (Phi) is 16.3. The summed E-state index contributed by atoms with van der Waals surface area (Å²) in [5.74, 6) is 0. The quantitative estimate of drug-likeness (QED) is 0.124. The van der Waals surface area contributed by atoms with E-state index in [1.165, 1.54) is 186 Å². The zero-order valence-electron chi connectivity index (χ0n) is 69.1. The molecule has 7 heterocycles. The minimum Gasteiger partial charge on any atom is -0.309 e. The van der Waals surface area contributed by atoms with Crippen LogP contribution in [0.3, 0.4) is 0 Å². The van der Waals surface area contributed by atoms with Crippen molar-refractivity contribution >= 4 is 153 Å². The second kappa shape index (κ2) is 28.8. The number of nitrogens with zero attached hydrogens (tertiary/aromatic N) is 7. The predicted octanol–water partition coefficient (Wildman–Crippen LogP) is 31.7. The SMILES string of the molecule is c1ccc(-c2cc(-c3ccccc3)cc(-n3c4ccc(-n5c6ccccc6c6ccccc65)cc4c4cc(-n5c6ccccc6c6ccccc65)ccc43)c2)cc1.c1ccc2c(c1)c1ccccc1n2-c1ccc(-c2ccc3c(c2)c2cc(-c4ccc(-n5c6ccccc6c6ccccc65)cc4)ccc2n3-c2ccc(-n3c4ccccc4c4ccccc43)cc2)cc1. The van der Waals surface area contributed by atoms with Gasteiger partial charge in [-0.3, -0.25) is 0 Å². The molecular weight excluding hydrogens is 1540 g/mol. The lowest BCUT2D eigenvalue weighted by Gasteiger charge is -2.15. The van der Waals surface area contributed by atoms with Crippen molar-refractivity contribution in [1.29, 1.82) is 0 Å². The Morgan fingerprint density at radius 1 is 0.0866 bits per heavy atom. The highest BCUT2D eigenvalue weighted by Crippen LogP contribution is 2.45. The van der Waals surface area contributed by atoms with E-state index >= 15 is 0 Å². The highest BCUT2D eigenvalue weighted by atomic mass is 15.0. The molecule has 27 rings (SSSR count). The minimum absolute atomic E-state index is 1.12. The molecule has 0 saturated heterocycles. The van der Waals surface area contributed by atoms with E-state index in [1.807, 2.05) is 0 Å². The van der Waals surface area contributed by atoms with Gasteiger partial charge < -0.3 is 32.0 Å². The standard InChI is InChI=1S/C66H42N4.C54H35N3/c1-7-19-59-51(13-1)52-14-2-8-20-60(52)67(59)47-31-25-43(26-32-47)45-29-39-65-57(41-45)58-42-46(44-27-33-48(34-28-44)68-61-21-9-3-15-53(61)54-16-4-10-22-62(54)68)30-40-66(58)70(65)50-37-35-49(36-38-50)69-63-23-11-5-17-55(63)56-18-6-12-24-64(56)69;1-3-15-36(16-4-1)38-31-39(37-17-5-2-6-18-37)33-42(32-38)57-53-29-27-40(55-49-23-11-7-19-43(49)44-20-8-12-24-50(44)55)34-47(53)48-35-41(28-30-54(48)57)56-51-25-13-9-21-45(51)46-22-10-14-26-52(46)56/h1-42H;1-35H. The Bertz CT molecular complexity index is 8410. The van der Waals surface area contributed by atoms with Crippen LogP contribution in [0, 0.1) is 0 Å². The Balaban J connectivity index is 0.000000138. The average molecular weight is 1620 g/mol. The smallest absolute Gasteiger partial charge is 0.0542 e. The van der Waals surface area contributed by atoms with Crippen LogP contribution in [-0.4, -0.2) is 32.0 Å². The molecule has 0 aliphatic carbocycles. The van der Waals surface area contributed by atoms with Gasteiger partial charge in [-0.1, -0.05) is 279 Å². The third-order valence-corrected chi connectivity index (χ3v) is 26.6. The van der Waals surface area contributed by atoms with Crippen LogP contribution in [0.2, 0.25) is 0 Å². The molecule has 7 aromatic heterocycles. The van der Waals surface area contributed by atoms with Crippen LogP contribution in [0.25, 0.3) is 237 Å². The van der Waals surface area contributed by atoms with E-state index in [1.54, 1.807) is 0 Å². The van der Waals surface area contributed by atoms with Crippen LogP contribution >= 0.6 is 0 Å². The lowest BCUT2D eigenvalue weighted by Crippen LogP contribution is -1.97. The summed E-state index contributed by atoms with van der Waals surface area (Å²) in [6.07, 6.45) is 0. The second-order valence-electron chi connectivity index (χ2n) is 33.5. The molecule has 127 heavy (non-hydrogen) atoms. The molecule has 7 heteroatoms. The maximum Gasteiger partial charge on any atom is 0.0542 e. The van der Waals surface area contributed by atoms with Gasteiger partial charge in [0.25, 0.3) is 0 Å². The summed E-state index contributed by atoms with van der Waals surface area (Å²) in [5.41, 5.74) is 34.2. The van der Waals surface area contributed by atoms with Crippen molar-refractivity contribution in [3.63, 3.8) is 0 Å². The molecule has 0 amide bonds. The number of fused-ring (bicyclic) bond motifs is 21. The largest absolute Gasteiger partial charge is 0.309 e. The molecule has 0 radical (unpaired) electrons. The van der Waals surface area contributed by atoms with E-state index in [2.05, 4.69) is 499 Å². The molecule has 0 saturated carbocycles. The highest BCUT2D eigenvalue weighted by Gasteiger charge is 2.24. The number of aromatic nitrogens is 7. The van der Waals surface area contributed by atoms with Crippen molar-refractivity contribution in [2.45, 2.75) is 0 Å². The van der Waals surface area contributed by atoms with Crippen LogP contribution in [-0.2, 0) is 0 Å². The Hall–Kier alpha value is -17.0. The Labute approximate surface area is 731 Å². The van der Waals surface area contributed by atoms with Gasteiger partial charge in [0.05, 0.1) is 77.2 Å². The van der Waals surface area contributed by atoms with Gasteiger partial charge >= 0.3 is 0 Å². The Morgan fingerprint density at radius 2 is 0.260 bits per heavy atom. The van der Waals surface area contributed by atoms with Crippen molar-refractivity contribution in [1.82, 2.24) is 32.0 Å². The van der Waals surface area contributed by atoms with Crippen LogP contribution in [0.5, 0.6) is 0 Å². The first-order valence-electron chi connectivity index (χ1n) is 43.7. The van der Waals surface area contributed by atoms with Gasteiger partial charge in [-0.2, -0.15) is 0 Å². The first-order chi connectivity index (χ1) is 63.0. The molecule has 0 bridgehead atoms. The number of hydrogen-bond donors (Lipinski definition) is 0. The van der Waals surface area contributed by atoms with Crippen LogP contribution in [0.1, 0.15) is 0 Å². The van der Waals surface area contributed by atoms with Gasteiger partial charge in [-0.05, 0) is 233 Å². The number of para-hydroxylation sites is 10. The maximum absolute atomic E-state index is 2.47. The molecule has 0 N–H and O–H groups in total. The second-order valence-corrected chi connectivity index (χ2v) is 33.5. The van der Waals surface area contributed by atoms with E-state index in [9.17, 15) is 0 Å². The molecule has 0 unspecified atom stereocenters. The van der Waals surface area contributed by atoms with Gasteiger partial charge in [0.15, 0.2) is 0 Å². The predicted molar refractivity (Wildman–Crippen MR) is 535 cm³/mol. The average Bonchev–Trinajstić information content (AvgIpc) is 1.61. The number of hydrogen-bond acceptors (Lipinski definition) is 0. The van der Waals surface area contributed by atoms with Gasteiger partial charge in [-0.15, -0.1) is 0 Å². The molecule has 27 aromatic rings. The highest BCUT2D eigenvalue weighted by molar-refractivity contribution is 6.17. The van der Waals surface area contributed by atoms with Crippen LogP contribution < -0.4 is 0 Å². The summed E-state index contributed by atoms with van der Waals surface area (Å²) in [7, 11) is 0. The molecule has 0 aliphatic heterocycles. The molecule has 20 aromatic carbocycles. The summed E-state index contributed by atoms with van der Waals surface area (Å²) in [5, 5.41) is 17.5. The van der Waals surface area contributed by atoms with Gasteiger partial charge in [0.2, 0.25) is 0 Å². The normalized spacial score (nSPS) is 11.9. The molecule has 7 nitrogen and oxygen atoms in total. The van der Waals surface area contributed by atoms with E-state index < -0.39 is 0 Å². The van der Waals surface area contributed by atoms with E-state index in [4.69, 9.17) is 0 Å². The summed E-state index contributed by atoms with van der Waals surface area (Å²) in [6, 6.07) is 171. The van der Waals surface area contributed by atoms with E-state index in [0.29, 0.717) is 0 Å². The molecule has 592 valence electrons. The monoisotopic (exact) mass is 1620 g/mol. The molecule has 0 aliphatic rings. The lowest BCUT2D eigenvalue weighted by atomic mass is 9.98. The van der Waals surface area contributed by atoms with Gasteiger partial charge in [-0.25, -0.2) is 0 Å². The van der Waals surface area contributed by atoms with Crippen molar-refractivity contribution in [2.75, 3.05) is 0 Å². The maximum atomic E-state index is 2.47. The van der Waals surface area contributed by atoms with Crippen molar-refractivity contribution in [2.24, 2.45) is 0 Å². The van der Waals surface area contributed by atoms with E-state index in [-0.39, 0.29) is 0 Å². The summed E-state index contributed by atoms with van der Waals surface area (Å²) in [4.78, 5) is 0. The lowest BCUT2D eigenvalue weighted by molar-refractivity contribution is 1.14. The van der Waals surface area contributed by atoms with Crippen molar-refractivity contribution in [3.8, 4) is 84.3 Å². The summed E-state index contributed by atoms with van der Waals surface area (Å²) < 4.78 is 16.9. The third-order valence-electron chi connectivity index (χ3n) is 26.6. The third kappa shape index (κ3) is 11.4. The van der Waals surface area contributed by atoms with Gasteiger partial charge in [0.1, 0.15) is 0 Å². The van der Waals surface area contributed by atoms with Crippen molar-refractivity contribution in [3.05, 3.63) is 467 Å². The van der Waals surface area contributed by atoms with Crippen LogP contribution in [0.15, 0.2) is 467 Å². The van der Waals surface area contributed by atoms with Crippen LogP contribution in [0.4, 0.5) is 0 Å². The molecular formula is C120H77N7. The fourth-order valence-electron chi connectivity index (χ4n) is 20.9. The first kappa shape index (κ1) is 71.7. The fourth-order valence-corrected chi connectivity index (χ4v) is 20.9. The van der Waals surface area contributed by atoms with Crippen molar-refractivity contribution < 1.29 is 0 Å². The number of rotatable bonds is 11. The topological polar surface area (TPSA) is 34.5 Å². The zero-order chi connectivity index (χ0) is 83.3. The van der Waals surface area contributed by atoms with E-state index in [0.717, 1.165) is 50.8 Å².